The molecule has 0 aliphatic rings. The molecular formula is C20H15ClFNO2. The van der Waals surface area contributed by atoms with Crippen LogP contribution in [0.25, 0.3) is 10.8 Å². The molecule has 0 fully saturated rings. The van der Waals surface area contributed by atoms with E-state index in [9.17, 15) is 14.0 Å². The second-order valence-corrected chi connectivity index (χ2v) is 6.09. The Bertz CT molecular complexity index is 955. The van der Waals surface area contributed by atoms with Gasteiger partial charge in [-0.1, -0.05) is 48.0 Å². The zero-order valence-corrected chi connectivity index (χ0v) is 14.0. The average molecular weight is 356 g/mol. The molecule has 0 spiro atoms. The summed E-state index contributed by atoms with van der Waals surface area (Å²) in [5.41, 5.74) is 0.608. The first-order valence-corrected chi connectivity index (χ1v) is 8.17. The van der Waals surface area contributed by atoms with Gasteiger partial charge in [-0.2, -0.15) is 0 Å². The molecule has 0 atom stereocenters. The number of hydrogen-bond donors (Lipinski definition) is 1. The van der Waals surface area contributed by atoms with Gasteiger partial charge in [0.1, 0.15) is 5.82 Å². The van der Waals surface area contributed by atoms with Gasteiger partial charge in [0, 0.05) is 23.4 Å². The van der Waals surface area contributed by atoms with E-state index in [1.807, 2.05) is 36.4 Å². The van der Waals surface area contributed by atoms with Crippen LogP contribution in [-0.4, -0.2) is 11.7 Å². The molecule has 0 aromatic heterocycles. The summed E-state index contributed by atoms with van der Waals surface area (Å²) in [4.78, 5) is 24.2. The van der Waals surface area contributed by atoms with Gasteiger partial charge in [0.25, 0.3) is 0 Å². The summed E-state index contributed by atoms with van der Waals surface area (Å²) in [7, 11) is 0. The molecule has 0 bridgehead atoms. The molecule has 126 valence electrons. The van der Waals surface area contributed by atoms with Crippen molar-refractivity contribution in [3.05, 3.63) is 77.1 Å². The quantitative estimate of drug-likeness (QED) is 0.636. The van der Waals surface area contributed by atoms with E-state index >= 15 is 0 Å². The number of fused-ring (bicyclic) bond motifs is 1. The van der Waals surface area contributed by atoms with Gasteiger partial charge in [-0.15, -0.1) is 0 Å². The molecule has 0 aliphatic carbocycles. The lowest BCUT2D eigenvalue weighted by atomic mass is 10.0. The van der Waals surface area contributed by atoms with E-state index in [-0.39, 0.29) is 29.3 Å². The van der Waals surface area contributed by atoms with E-state index in [1.165, 1.54) is 12.1 Å². The second kappa shape index (κ2) is 7.45. The van der Waals surface area contributed by atoms with E-state index in [4.69, 9.17) is 11.6 Å². The van der Waals surface area contributed by atoms with Crippen molar-refractivity contribution in [2.45, 2.75) is 12.8 Å². The van der Waals surface area contributed by atoms with Crippen molar-refractivity contribution < 1.29 is 14.0 Å². The third-order valence-electron chi connectivity index (χ3n) is 3.86. The lowest BCUT2D eigenvalue weighted by Crippen LogP contribution is -2.14. The molecular weight excluding hydrogens is 341 g/mol. The molecule has 0 saturated heterocycles. The van der Waals surface area contributed by atoms with Crippen molar-refractivity contribution in [1.29, 1.82) is 0 Å². The summed E-state index contributed by atoms with van der Waals surface area (Å²) < 4.78 is 13.7. The normalized spacial score (nSPS) is 10.6. The first-order valence-electron chi connectivity index (χ1n) is 7.80. The van der Waals surface area contributed by atoms with E-state index in [1.54, 1.807) is 6.07 Å². The minimum Gasteiger partial charge on any atom is -0.324 e. The van der Waals surface area contributed by atoms with Crippen LogP contribution in [0.3, 0.4) is 0 Å². The maximum absolute atomic E-state index is 13.7. The number of anilines is 1. The van der Waals surface area contributed by atoms with Crippen LogP contribution >= 0.6 is 11.6 Å². The van der Waals surface area contributed by atoms with Crippen molar-refractivity contribution in [3.63, 3.8) is 0 Å². The Labute approximate surface area is 149 Å². The summed E-state index contributed by atoms with van der Waals surface area (Å²) in [5.74, 6) is -1.16. The fraction of sp³-hybridized carbons (Fsp3) is 0.100. The van der Waals surface area contributed by atoms with Crippen LogP contribution in [0.2, 0.25) is 5.02 Å². The molecule has 25 heavy (non-hydrogen) atoms. The standard InChI is InChI=1S/C20H15ClFNO2/c21-16-7-8-18(17(22)12-16)23-20(25)10-9-19(24)15-6-5-13-3-1-2-4-14(13)11-15/h1-8,11-12H,9-10H2,(H,23,25). The predicted molar refractivity (Wildman–Crippen MR) is 97.6 cm³/mol. The topological polar surface area (TPSA) is 46.2 Å². The minimum absolute atomic E-state index is 0.0201. The summed E-state index contributed by atoms with van der Waals surface area (Å²) >= 11 is 5.67. The highest BCUT2D eigenvalue weighted by atomic mass is 35.5. The van der Waals surface area contributed by atoms with E-state index in [0.717, 1.165) is 16.8 Å². The molecule has 3 aromatic carbocycles. The number of carbonyl (C=O) groups is 2. The monoisotopic (exact) mass is 355 g/mol. The molecule has 3 rings (SSSR count). The Morgan fingerprint density at radius 2 is 1.68 bits per heavy atom. The van der Waals surface area contributed by atoms with Crippen LogP contribution in [0.5, 0.6) is 0 Å². The molecule has 0 unspecified atom stereocenters. The molecule has 1 amide bonds. The van der Waals surface area contributed by atoms with Crippen LogP contribution < -0.4 is 5.32 Å². The number of hydrogen-bond acceptors (Lipinski definition) is 2. The Kier molecular flexibility index (Phi) is 5.10. The van der Waals surface area contributed by atoms with Crippen molar-refractivity contribution >= 4 is 39.8 Å². The number of carbonyl (C=O) groups excluding carboxylic acids is 2. The van der Waals surface area contributed by atoms with Gasteiger partial charge in [-0.25, -0.2) is 4.39 Å². The number of Topliss-reactive ketones (excluding diaryl/α,β-unsaturated/α-hetero) is 1. The van der Waals surface area contributed by atoms with Gasteiger partial charge in [0.05, 0.1) is 5.69 Å². The largest absolute Gasteiger partial charge is 0.324 e. The number of ketones is 1. The predicted octanol–water partition coefficient (Wildman–Crippen LogP) is 5.23. The molecule has 3 aromatic rings. The number of rotatable bonds is 5. The van der Waals surface area contributed by atoms with E-state index in [0.29, 0.717) is 5.56 Å². The highest BCUT2D eigenvalue weighted by Crippen LogP contribution is 2.20. The van der Waals surface area contributed by atoms with Crippen LogP contribution in [0, 0.1) is 5.82 Å². The second-order valence-electron chi connectivity index (χ2n) is 5.66. The number of benzene rings is 3. The van der Waals surface area contributed by atoms with Crippen molar-refractivity contribution in [2.75, 3.05) is 5.32 Å². The SMILES string of the molecule is O=C(CCC(=O)c1ccc2ccccc2c1)Nc1ccc(Cl)cc1F. The number of nitrogens with one attached hydrogen (secondary N) is 1. The molecule has 0 radical (unpaired) electrons. The molecule has 0 saturated carbocycles. The summed E-state index contributed by atoms with van der Waals surface area (Å²) in [6.45, 7) is 0. The first kappa shape index (κ1) is 17.1. The average Bonchev–Trinajstić information content (AvgIpc) is 2.61. The Balaban J connectivity index is 1.61. The van der Waals surface area contributed by atoms with Crippen molar-refractivity contribution in [3.8, 4) is 0 Å². The molecule has 1 N–H and O–H groups in total. The molecule has 3 nitrogen and oxygen atoms in total. The van der Waals surface area contributed by atoms with Gasteiger partial charge >= 0.3 is 0 Å². The Morgan fingerprint density at radius 3 is 2.44 bits per heavy atom. The van der Waals surface area contributed by atoms with Crippen LogP contribution in [0.4, 0.5) is 10.1 Å². The maximum Gasteiger partial charge on any atom is 0.224 e. The minimum atomic E-state index is -0.610. The lowest BCUT2D eigenvalue weighted by molar-refractivity contribution is -0.116. The van der Waals surface area contributed by atoms with Gasteiger partial charge in [-0.3, -0.25) is 9.59 Å². The third-order valence-corrected chi connectivity index (χ3v) is 4.09. The highest BCUT2D eigenvalue weighted by Gasteiger charge is 2.12. The Morgan fingerprint density at radius 1 is 0.920 bits per heavy atom. The fourth-order valence-corrected chi connectivity index (χ4v) is 2.70. The lowest BCUT2D eigenvalue weighted by Gasteiger charge is -2.07. The first-order chi connectivity index (χ1) is 12.0. The maximum atomic E-state index is 13.7. The smallest absolute Gasteiger partial charge is 0.224 e. The van der Waals surface area contributed by atoms with Gasteiger partial charge < -0.3 is 5.32 Å². The zero-order chi connectivity index (χ0) is 17.8. The van der Waals surface area contributed by atoms with Gasteiger partial charge in [0.2, 0.25) is 5.91 Å². The van der Waals surface area contributed by atoms with E-state index in [2.05, 4.69) is 5.32 Å². The highest BCUT2D eigenvalue weighted by molar-refractivity contribution is 6.30. The number of halogens is 2. The van der Waals surface area contributed by atoms with Crippen LogP contribution in [0.15, 0.2) is 60.7 Å². The summed E-state index contributed by atoms with van der Waals surface area (Å²) in [5, 5.41) is 4.73. The Hall–Kier alpha value is -2.72. The van der Waals surface area contributed by atoms with Crippen molar-refractivity contribution in [1.82, 2.24) is 0 Å². The fourth-order valence-electron chi connectivity index (χ4n) is 2.54. The van der Waals surface area contributed by atoms with Crippen LogP contribution in [-0.2, 0) is 4.79 Å². The zero-order valence-electron chi connectivity index (χ0n) is 13.3. The molecule has 0 aliphatic heterocycles. The number of amides is 1. The third kappa shape index (κ3) is 4.22. The molecule has 5 heteroatoms. The summed E-state index contributed by atoms with van der Waals surface area (Å²) in [6.07, 6.45) is 0.0348. The van der Waals surface area contributed by atoms with Gasteiger partial charge in [0.15, 0.2) is 5.78 Å². The van der Waals surface area contributed by atoms with Crippen LogP contribution in [0.1, 0.15) is 23.2 Å². The van der Waals surface area contributed by atoms with E-state index < -0.39 is 11.7 Å². The molecule has 0 heterocycles. The van der Waals surface area contributed by atoms with Crippen molar-refractivity contribution in [2.24, 2.45) is 0 Å². The summed E-state index contributed by atoms with van der Waals surface area (Å²) in [6, 6.07) is 17.2. The van der Waals surface area contributed by atoms with Gasteiger partial charge in [-0.05, 0) is 35.0 Å².